The molecule has 1 atom stereocenters. The molecule has 1 unspecified atom stereocenters. The number of ether oxygens (including phenoxy) is 1. The summed E-state index contributed by atoms with van der Waals surface area (Å²) in [6.45, 7) is 0.469. The molecule has 0 amide bonds. The summed E-state index contributed by atoms with van der Waals surface area (Å²) in [6, 6.07) is 10.5. The van der Waals surface area contributed by atoms with Crippen molar-refractivity contribution in [3.63, 3.8) is 0 Å². The van der Waals surface area contributed by atoms with Gasteiger partial charge in [0.1, 0.15) is 17.4 Å². The highest BCUT2D eigenvalue weighted by atomic mass is 19.1. The zero-order valence-electron chi connectivity index (χ0n) is 11.6. The van der Waals surface area contributed by atoms with Gasteiger partial charge < -0.3 is 15.2 Å². The first-order valence-electron chi connectivity index (χ1n) is 6.57. The van der Waals surface area contributed by atoms with Gasteiger partial charge in [-0.15, -0.1) is 0 Å². The number of hydrogen-bond donors (Lipinski definition) is 2. The Bertz CT molecular complexity index is 605. The van der Waals surface area contributed by atoms with Gasteiger partial charge in [-0.2, -0.15) is 0 Å². The third-order valence-electron chi connectivity index (χ3n) is 3.15. The number of aliphatic hydroxyl groups is 1. The quantitative estimate of drug-likeness (QED) is 0.860. The summed E-state index contributed by atoms with van der Waals surface area (Å²) in [5.41, 5.74) is 1.07. The number of methoxy groups -OCH3 is 1. The summed E-state index contributed by atoms with van der Waals surface area (Å²) in [4.78, 5) is 0. The zero-order chi connectivity index (χ0) is 15.2. The van der Waals surface area contributed by atoms with Crippen molar-refractivity contribution in [3.05, 3.63) is 65.2 Å². The van der Waals surface area contributed by atoms with E-state index in [4.69, 9.17) is 4.74 Å². The molecule has 0 aliphatic rings. The predicted molar refractivity (Wildman–Crippen MR) is 76.0 cm³/mol. The SMILES string of the molecule is COc1cccc(C(O)CNCc2ccc(F)cc2F)c1. The van der Waals surface area contributed by atoms with Crippen molar-refractivity contribution in [1.29, 1.82) is 0 Å². The molecule has 0 spiro atoms. The first-order chi connectivity index (χ1) is 10.1. The second-order valence-corrected chi connectivity index (χ2v) is 4.66. The summed E-state index contributed by atoms with van der Waals surface area (Å²) >= 11 is 0. The summed E-state index contributed by atoms with van der Waals surface area (Å²) in [7, 11) is 1.56. The molecule has 5 heteroatoms. The minimum atomic E-state index is -0.733. The molecule has 0 aliphatic carbocycles. The third kappa shape index (κ3) is 4.24. The number of benzene rings is 2. The van der Waals surface area contributed by atoms with Crippen molar-refractivity contribution >= 4 is 0 Å². The normalized spacial score (nSPS) is 12.2. The molecular weight excluding hydrogens is 276 g/mol. The summed E-state index contributed by atoms with van der Waals surface area (Å²) in [5.74, 6) is -0.540. The molecule has 0 saturated carbocycles. The highest BCUT2D eigenvalue weighted by Gasteiger charge is 2.09. The van der Waals surface area contributed by atoms with Gasteiger partial charge in [-0.25, -0.2) is 8.78 Å². The minimum absolute atomic E-state index is 0.215. The Kier molecular flexibility index (Phi) is 5.25. The summed E-state index contributed by atoms with van der Waals surface area (Å²) < 4.78 is 31.3. The van der Waals surface area contributed by atoms with Gasteiger partial charge in [0.15, 0.2) is 0 Å². The van der Waals surface area contributed by atoms with Gasteiger partial charge in [0.2, 0.25) is 0 Å². The molecule has 2 aromatic carbocycles. The van der Waals surface area contributed by atoms with Crippen molar-refractivity contribution in [1.82, 2.24) is 5.32 Å². The first-order valence-corrected chi connectivity index (χ1v) is 6.57. The van der Waals surface area contributed by atoms with Gasteiger partial charge >= 0.3 is 0 Å². The molecule has 0 radical (unpaired) electrons. The topological polar surface area (TPSA) is 41.5 Å². The molecule has 0 aliphatic heterocycles. The maximum atomic E-state index is 13.4. The molecule has 0 bridgehead atoms. The Morgan fingerprint density at radius 3 is 2.71 bits per heavy atom. The lowest BCUT2D eigenvalue weighted by Crippen LogP contribution is -2.21. The molecule has 2 rings (SSSR count). The molecule has 0 heterocycles. The third-order valence-corrected chi connectivity index (χ3v) is 3.15. The second-order valence-electron chi connectivity index (χ2n) is 4.66. The van der Waals surface area contributed by atoms with Crippen LogP contribution in [-0.4, -0.2) is 18.8 Å². The maximum absolute atomic E-state index is 13.4. The van der Waals surface area contributed by atoms with E-state index in [-0.39, 0.29) is 13.1 Å². The average Bonchev–Trinajstić information content (AvgIpc) is 2.49. The van der Waals surface area contributed by atoms with Crippen LogP contribution in [0.15, 0.2) is 42.5 Å². The Morgan fingerprint density at radius 1 is 1.19 bits per heavy atom. The molecule has 0 saturated heterocycles. The molecule has 0 fully saturated rings. The van der Waals surface area contributed by atoms with Crippen molar-refractivity contribution < 1.29 is 18.6 Å². The smallest absolute Gasteiger partial charge is 0.130 e. The first kappa shape index (κ1) is 15.4. The van der Waals surface area contributed by atoms with Crippen molar-refractivity contribution in [2.75, 3.05) is 13.7 Å². The summed E-state index contributed by atoms with van der Waals surface area (Å²) in [6.07, 6.45) is -0.733. The fourth-order valence-corrected chi connectivity index (χ4v) is 1.98. The predicted octanol–water partition coefficient (Wildman–Crippen LogP) is 2.80. The van der Waals surface area contributed by atoms with Crippen LogP contribution in [0.5, 0.6) is 5.75 Å². The lowest BCUT2D eigenvalue weighted by Gasteiger charge is -2.13. The minimum Gasteiger partial charge on any atom is -0.497 e. The van der Waals surface area contributed by atoms with E-state index >= 15 is 0 Å². The van der Waals surface area contributed by atoms with Crippen LogP contribution in [0.2, 0.25) is 0 Å². The number of halogens is 2. The van der Waals surface area contributed by atoms with Crippen LogP contribution >= 0.6 is 0 Å². The van der Waals surface area contributed by atoms with Gasteiger partial charge in [-0.05, 0) is 23.8 Å². The lowest BCUT2D eigenvalue weighted by molar-refractivity contribution is 0.174. The molecule has 2 aromatic rings. The average molecular weight is 293 g/mol. The largest absolute Gasteiger partial charge is 0.497 e. The number of nitrogens with one attached hydrogen (secondary N) is 1. The van der Waals surface area contributed by atoms with E-state index in [1.54, 1.807) is 31.4 Å². The maximum Gasteiger partial charge on any atom is 0.130 e. The molecule has 0 aromatic heterocycles. The number of rotatable bonds is 6. The van der Waals surface area contributed by atoms with Gasteiger partial charge in [0.05, 0.1) is 13.2 Å². The van der Waals surface area contributed by atoms with E-state index < -0.39 is 17.7 Å². The molecular formula is C16H17F2NO2. The Labute approximate surface area is 122 Å². The standard InChI is InChI=1S/C16H17F2NO2/c1-21-14-4-2-3-11(7-14)16(20)10-19-9-12-5-6-13(17)8-15(12)18/h2-8,16,19-20H,9-10H2,1H3. The molecule has 3 nitrogen and oxygen atoms in total. The van der Waals surface area contributed by atoms with Crippen LogP contribution in [-0.2, 0) is 6.54 Å². The van der Waals surface area contributed by atoms with Gasteiger partial charge in [-0.3, -0.25) is 0 Å². The van der Waals surface area contributed by atoms with Crippen LogP contribution in [0.1, 0.15) is 17.2 Å². The van der Waals surface area contributed by atoms with Gasteiger partial charge in [0, 0.05) is 24.7 Å². The van der Waals surface area contributed by atoms with E-state index in [1.807, 2.05) is 0 Å². The number of aliphatic hydroxyl groups excluding tert-OH is 1. The van der Waals surface area contributed by atoms with Crippen molar-refractivity contribution in [3.8, 4) is 5.75 Å². The van der Waals surface area contributed by atoms with E-state index in [1.165, 1.54) is 12.1 Å². The lowest BCUT2D eigenvalue weighted by atomic mass is 10.1. The van der Waals surface area contributed by atoms with Gasteiger partial charge in [0.25, 0.3) is 0 Å². The highest BCUT2D eigenvalue weighted by molar-refractivity contribution is 5.30. The van der Waals surface area contributed by atoms with Crippen LogP contribution in [0, 0.1) is 11.6 Å². The van der Waals surface area contributed by atoms with Crippen LogP contribution < -0.4 is 10.1 Å². The fourth-order valence-electron chi connectivity index (χ4n) is 1.98. The van der Waals surface area contributed by atoms with E-state index in [0.29, 0.717) is 16.9 Å². The fraction of sp³-hybridized carbons (Fsp3) is 0.250. The van der Waals surface area contributed by atoms with Gasteiger partial charge in [-0.1, -0.05) is 18.2 Å². The van der Waals surface area contributed by atoms with Crippen LogP contribution in [0.25, 0.3) is 0 Å². The van der Waals surface area contributed by atoms with Crippen LogP contribution in [0.3, 0.4) is 0 Å². The summed E-state index contributed by atoms with van der Waals surface area (Å²) in [5, 5.41) is 13.0. The highest BCUT2D eigenvalue weighted by Crippen LogP contribution is 2.18. The van der Waals surface area contributed by atoms with E-state index in [2.05, 4.69) is 5.32 Å². The van der Waals surface area contributed by atoms with Crippen molar-refractivity contribution in [2.45, 2.75) is 12.6 Å². The number of hydrogen-bond acceptors (Lipinski definition) is 3. The molecule has 2 N–H and O–H groups in total. The Morgan fingerprint density at radius 2 is 2.00 bits per heavy atom. The second kappa shape index (κ2) is 7.15. The molecule has 112 valence electrons. The van der Waals surface area contributed by atoms with E-state index in [0.717, 1.165) is 6.07 Å². The van der Waals surface area contributed by atoms with E-state index in [9.17, 15) is 13.9 Å². The monoisotopic (exact) mass is 293 g/mol. The molecule has 21 heavy (non-hydrogen) atoms. The Balaban J connectivity index is 1.90. The van der Waals surface area contributed by atoms with Crippen LogP contribution in [0.4, 0.5) is 8.78 Å². The zero-order valence-corrected chi connectivity index (χ0v) is 11.6. The van der Waals surface area contributed by atoms with Crippen molar-refractivity contribution in [2.24, 2.45) is 0 Å². The Hall–Kier alpha value is -1.98.